The van der Waals surface area contributed by atoms with Crippen LogP contribution in [0.5, 0.6) is 0 Å². The van der Waals surface area contributed by atoms with E-state index < -0.39 is 52.7 Å². The summed E-state index contributed by atoms with van der Waals surface area (Å²) in [4.78, 5) is 67.5. The van der Waals surface area contributed by atoms with Crippen LogP contribution in [0, 0.1) is 22.7 Å². The molecule has 10 nitrogen and oxygen atoms in total. The van der Waals surface area contributed by atoms with Gasteiger partial charge in [0.1, 0.15) is 12.1 Å². The molecule has 2 fully saturated rings. The lowest BCUT2D eigenvalue weighted by Gasteiger charge is -2.38. The van der Waals surface area contributed by atoms with E-state index in [2.05, 4.69) is 48.3 Å². The minimum absolute atomic E-state index is 0.1000. The Kier molecular flexibility index (Phi) is 10.4. The molecule has 224 valence electrons. The molecule has 1 saturated carbocycles. The van der Waals surface area contributed by atoms with Crippen LogP contribution in [-0.2, 0) is 19.2 Å². The molecule has 0 radical (unpaired) electrons. The largest absolute Gasteiger partial charge is 0.349 e. The highest BCUT2D eigenvalue weighted by atomic mass is 16.2. The molecular formula is C30H49N5O5. The van der Waals surface area contributed by atoms with Crippen molar-refractivity contribution >= 4 is 29.5 Å². The zero-order chi connectivity index (χ0) is 30.6. The number of allylic oxidation sites excluding steroid dienone is 1. The molecule has 0 aromatic heterocycles. The number of Topliss-reactive ketones (excluding diaryl/α,β-unsaturated/α-hetero) is 1. The van der Waals surface area contributed by atoms with Crippen molar-refractivity contribution in [3.8, 4) is 0 Å². The first-order chi connectivity index (χ1) is 18.4. The minimum atomic E-state index is -1.05. The second kappa shape index (κ2) is 12.6. The van der Waals surface area contributed by atoms with Gasteiger partial charge in [-0.1, -0.05) is 46.8 Å². The molecule has 5 amide bonds. The lowest BCUT2D eigenvalue weighted by molar-refractivity contribution is -0.145. The molecule has 0 aromatic rings. The number of ketones is 1. The van der Waals surface area contributed by atoms with Crippen LogP contribution >= 0.6 is 0 Å². The van der Waals surface area contributed by atoms with Crippen LogP contribution < -0.4 is 21.3 Å². The normalized spacial score (nSPS) is 22.7. The Morgan fingerprint density at radius 3 is 2.10 bits per heavy atom. The molecular weight excluding hydrogens is 510 g/mol. The maximum Gasteiger partial charge on any atom is 0.315 e. The number of amides is 5. The van der Waals surface area contributed by atoms with E-state index in [1.54, 1.807) is 17.1 Å². The maximum absolute atomic E-state index is 14.0. The number of nitrogens with zero attached hydrogens (tertiary/aromatic N) is 1. The van der Waals surface area contributed by atoms with Crippen molar-refractivity contribution < 1.29 is 24.0 Å². The number of rotatable bonds is 12. The van der Waals surface area contributed by atoms with Gasteiger partial charge in [0, 0.05) is 18.6 Å². The van der Waals surface area contributed by atoms with Gasteiger partial charge in [-0.2, -0.15) is 0 Å². The molecule has 2 rings (SSSR count). The quantitative estimate of drug-likeness (QED) is 0.166. The fraction of sp³-hybridized carbons (Fsp3) is 0.700. The summed E-state index contributed by atoms with van der Waals surface area (Å²) >= 11 is 0. The summed E-state index contributed by atoms with van der Waals surface area (Å²) in [5, 5.41) is 11.0. The van der Waals surface area contributed by atoms with Gasteiger partial charge in [-0.05, 0) is 62.7 Å². The number of urea groups is 1. The molecule has 40 heavy (non-hydrogen) atoms. The fourth-order valence-corrected chi connectivity index (χ4v) is 5.48. The van der Waals surface area contributed by atoms with Gasteiger partial charge in [0.15, 0.2) is 0 Å². The zero-order valence-corrected chi connectivity index (χ0v) is 25.5. The summed E-state index contributed by atoms with van der Waals surface area (Å²) in [6.45, 7) is 23.2. The molecule has 0 spiro atoms. The topological polar surface area (TPSA) is 137 Å². The number of hydrogen-bond donors (Lipinski definition) is 4. The Balaban J connectivity index is 2.30. The monoisotopic (exact) mass is 559 g/mol. The van der Waals surface area contributed by atoms with Gasteiger partial charge in [-0.25, -0.2) is 4.79 Å². The molecule has 0 aromatic carbocycles. The molecule has 1 saturated heterocycles. The smallest absolute Gasteiger partial charge is 0.315 e. The number of nitrogens with one attached hydrogen (secondary N) is 4. The molecule has 1 heterocycles. The van der Waals surface area contributed by atoms with Crippen molar-refractivity contribution in [2.24, 2.45) is 22.7 Å². The molecule has 1 aliphatic heterocycles. The summed E-state index contributed by atoms with van der Waals surface area (Å²) in [6.07, 6.45) is 4.39. The van der Waals surface area contributed by atoms with Gasteiger partial charge in [0.25, 0.3) is 5.91 Å². The molecule has 10 heteroatoms. The van der Waals surface area contributed by atoms with Crippen molar-refractivity contribution in [2.75, 3.05) is 13.1 Å². The van der Waals surface area contributed by atoms with Gasteiger partial charge in [0.2, 0.25) is 17.6 Å². The number of likely N-dealkylation sites (tertiary alicyclic amines) is 1. The number of carbonyl (C=O) groups is 5. The average molecular weight is 560 g/mol. The summed E-state index contributed by atoms with van der Waals surface area (Å²) in [5.41, 5.74) is -1.29. The lowest BCUT2D eigenvalue weighted by atomic mass is 9.85. The van der Waals surface area contributed by atoms with E-state index in [9.17, 15) is 24.0 Å². The second-order valence-corrected chi connectivity index (χ2v) is 13.7. The zero-order valence-electron chi connectivity index (χ0n) is 25.5. The van der Waals surface area contributed by atoms with Crippen LogP contribution in [0.3, 0.4) is 0 Å². The number of fused-ring (bicyclic) bond motifs is 1. The van der Waals surface area contributed by atoms with E-state index in [0.717, 1.165) is 0 Å². The van der Waals surface area contributed by atoms with Gasteiger partial charge >= 0.3 is 6.03 Å². The summed E-state index contributed by atoms with van der Waals surface area (Å²) < 4.78 is 0. The van der Waals surface area contributed by atoms with Crippen molar-refractivity contribution in [1.29, 1.82) is 0 Å². The molecule has 5 atom stereocenters. The highest BCUT2D eigenvalue weighted by Gasteiger charge is 2.69. The summed E-state index contributed by atoms with van der Waals surface area (Å²) in [6, 6.07) is -3.24. The van der Waals surface area contributed by atoms with Crippen molar-refractivity contribution in [3.05, 3.63) is 25.3 Å². The van der Waals surface area contributed by atoms with Crippen molar-refractivity contribution in [2.45, 2.75) is 98.3 Å². The predicted molar refractivity (Wildman–Crippen MR) is 155 cm³/mol. The molecule has 2 unspecified atom stereocenters. The molecule has 2 aliphatic rings. The highest BCUT2D eigenvalue weighted by Crippen LogP contribution is 2.65. The Morgan fingerprint density at radius 2 is 1.57 bits per heavy atom. The first kappa shape index (κ1) is 33.0. The van der Waals surface area contributed by atoms with Crippen LogP contribution in [-0.4, -0.2) is 71.2 Å². The SMILES string of the molecule is C=CCCNC(=O)C(=O)C(CCC=C)NC(=O)[C@@H]1[C@@H]2C(CN1C(=O)[C@@H](NC(=O)NC(C)(C)C)C(C)(C)C)C2(C)C. The van der Waals surface area contributed by atoms with E-state index in [0.29, 0.717) is 19.4 Å². The third kappa shape index (κ3) is 7.95. The Hall–Kier alpha value is -3.17. The minimum Gasteiger partial charge on any atom is -0.349 e. The van der Waals surface area contributed by atoms with Gasteiger partial charge in [0.05, 0.1) is 6.04 Å². The van der Waals surface area contributed by atoms with E-state index >= 15 is 0 Å². The first-order valence-corrected chi connectivity index (χ1v) is 14.1. The fourth-order valence-electron chi connectivity index (χ4n) is 5.48. The van der Waals surface area contributed by atoms with Crippen LogP contribution in [0.15, 0.2) is 25.3 Å². The van der Waals surface area contributed by atoms with Gasteiger partial charge < -0.3 is 26.2 Å². The second-order valence-electron chi connectivity index (χ2n) is 13.7. The van der Waals surface area contributed by atoms with Crippen LogP contribution in [0.1, 0.15) is 74.7 Å². The van der Waals surface area contributed by atoms with Crippen molar-refractivity contribution in [1.82, 2.24) is 26.2 Å². The molecule has 1 aliphatic carbocycles. The lowest BCUT2D eigenvalue weighted by Crippen LogP contribution is -2.62. The van der Waals surface area contributed by atoms with E-state index in [4.69, 9.17) is 0 Å². The third-order valence-electron chi connectivity index (χ3n) is 7.79. The Labute approximate surface area is 239 Å². The Bertz CT molecular complexity index is 1020. The van der Waals surface area contributed by atoms with E-state index in [1.807, 2.05) is 41.5 Å². The Morgan fingerprint density at radius 1 is 0.975 bits per heavy atom. The molecule has 0 bridgehead atoms. The average Bonchev–Trinajstić information content (AvgIpc) is 3.15. The third-order valence-corrected chi connectivity index (χ3v) is 7.79. The summed E-state index contributed by atoms with van der Waals surface area (Å²) in [5.74, 6) is -2.33. The van der Waals surface area contributed by atoms with Gasteiger partial charge in [-0.15, -0.1) is 13.2 Å². The maximum atomic E-state index is 14.0. The van der Waals surface area contributed by atoms with Crippen LogP contribution in [0.4, 0.5) is 4.79 Å². The number of carbonyl (C=O) groups excluding carboxylic acids is 5. The predicted octanol–water partition coefficient (Wildman–Crippen LogP) is 2.69. The summed E-state index contributed by atoms with van der Waals surface area (Å²) in [7, 11) is 0. The van der Waals surface area contributed by atoms with E-state index in [-0.39, 0.29) is 36.1 Å². The highest BCUT2D eigenvalue weighted by molar-refractivity contribution is 6.38. The number of hydrogen-bond acceptors (Lipinski definition) is 5. The van der Waals surface area contributed by atoms with E-state index in [1.165, 1.54) is 0 Å². The molecule has 4 N–H and O–H groups in total. The van der Waals surface area contributed by atoms with Crippen LogP contribution in [0.25, 0.3) is 0 Å². The first-order valence-electron chi connectivity index (χ1n) is 14.1. The standard InChI is InChI=1S/C30H49N5O5/c1-11-13-15-19(22(36)25(38)31-16-14-12-2)32-24(37)21-20-18(30(20,9)10)17-35(21)26(39)23(28(3,4)5)33-27(40)34-29(6,7)8/h11-12,18-21,23H,1-2,13-17H2,3-10H3,(H,31,38)(H,32,37)(H2,33,34,40)/t18?,19?,20-,21-,23+/m0/s1. The van der Waals surface area contributed by atoms with Crippen LogP contribution in [0.2, 0.25) is 0 Å². The van der Waals surface area contributed by atoms with Gasteiger partial charge in [-0.3, -0.25) is 19.2 Å². The number of piperidine rings is 1. The van der Waals surface area contributed by atoms with Crippen molar-refractivity contribution in [3.63, 3.8) is 0 Å².